The zero-order chi connectivity index (χ0) is 21.7. The smallest absolute Gasteiger partial charge is 0.315 e. The van der Waals surface area contributed by atoms with Crippen LogP contribution >= 0.6 is 11.8 Å². The van der Waals surface area contributed by atoms with E-state index in [1.54, 1.807) is 0 Å². The number of aliphatic hydroxyl groups is 1. The maximum atomic E-state index is 13.1. The van der Waals surface area contributed by atoms with Crippen molar-refractivity contribution in [1.82, 2.24) is 0 Å². The highest BCUT2D eigenvalue weighted by Crippen LogP contribution is 2.67. The van der Waals surface area contributed by atoms with Gasteiger partial charge in [-0.15, -0.1) is 11.8 Å². The predicted molar refractivity (Wildman–Crippen MR) is 116 cm³/mol. The van der Waals surface area contributed by atoms with E-state index in [-0.39, 0.29) is 34.5 Å². The highest BCUT2D eigenvalue weighted by Gasteiger charge is 2.65. The molecule has 0 unspecified atom stereocenters. The fourth-order valence-electron chi connectivity index (χ4n) is 7.44. The number of ketones is 2. The zero-order valence-corrected chi connectivity index (χ0v) is 19.2. The summed E-state index contributed by atoms with van der Waals surface area (Å²) in [7, 11) is 1.34. The van der Waals surface area contributed by atoms with E-state index in [4.69, 9.17) is 0 Å². The number of carbonyl (C=O) groups excluding carboxylic acids is 3. The molecule has 4 aliphatic carbocycles. The van der Waals surface area contributed by atoms with E-state index < -0.39 is 11.0 Å². The fourth-order valence-corrected chi connectivity index (χ4v) is 8.25. The minimum atomic E-state index is -1.30. The number of ether oxygens (including phenoxy) is 1. The van der Waals surface area contributed by atoms with Crippen molar-refractivity contribution in [2.24, 2.45) is 28.6 Å². The Hall–Kier alpha value is -1.14. The van der Waals surface area contributed by atoms with Gasteiger partial charge in [-0.1, -0.05) is 19.4 Å². The molecule has 0 amide bonds. The lowest BCUT2D eigenvalue weighted by Crippen LogP contribution is -2.58. The van der Waals surface area contributed by atoms with Crippen LogP contribution in [-0.4, -0.2) is 46.9 Å². The second-order valence-electron chi connectivity index (χ2n) is 10.3. The molecule has 0 heterocycles. The Morgan fingerprint density at radius 2 is 1.83 bits per heavy atom. The lowest BCUT2D eigenvalue weighted by Gasteiger charge is -2.58. The molecule has 6 atom stereocenters. The highest BCUT2D eigenvalue weighted by molar-refractivity contribution is 8.00. The maximum absolute atomic E-state index is 13.1. The van der Waals surface area contributed by atoms with Gasteiger partial charge in [0.2, 0.25) is 0 Å². The van der Waals surface area contributed by atoms with Crippen LogP contribution in [0.3, 0.4) is 0 Å². The average molecular weight is 435 g/mol. The topological polar surface area (TPSA) is 80.7 Å². The van der Waals surface area contributed by atoms with Crippen LogP contribution in [0.4, 0.5) is 0 Å². The molecule has 0 saturated heterocycles. The van der Waals surface area contributed by atoms with Gasteiger partial charge < -0.3 is 9.84 Å². The molecule has 0 aromatic heterocycles. The summed E-state index contributed by atoms with van der Waals surface area (Å²) in [5.41, 5.74) is -0.268. The van der Waals surface area contributed by atoms with Crippen LogP contribution in [0.25, 0.3) is 0 Å². The van der Waals surface area contributed by atoms with Crippen molar-refractivity contribution >= 4 is 29.3 Å². The van der Waals surface area contributed by atoms with Gasteiger partial charge in [-0.2, -0.15) is 0 Å². The van der Waals surface area contributed by atoms with Crippen LogP contribution in [0.1, 0.15) is 65.2 Å². The third-order valence-corrected chi connectivity index (χ3v) is 10.2. The molecule has 1 N–H and O–H groups in total. The van der Waals surface area contributed by atoms with Gasteiger partial charge in [0.05, 0.1) is 18.6 Å². The largest absolute Gasteiger partial charge is 0.468 e. The molecule has 6 heteroatoms. The van der Waals surface area contributed by atoms with Crippen molar-refractivity contribution in [1.29, 1.82) is 0 Å². The van der Waals surface area contributed by atoms with E-state index in [9.17, 15) is 19.5 Å². The van der Waals surface area contributed by atoms with Gasteiger partial charge in [-0.25, -0.2) is 0 Å². The lowest BCUT2D eigenvalue weighted by atomic mass is 9.46. The van der Waals surface area contributed by atoms with Crippen LogP contribution in [0.5, 0.6) is 0 Å². The Kier molecular flexibility index (Phi) is 5.72. The van der Waals surface area contributed by atoms with Gasteiger partial charge >= 0.3 is 5.97 Å². The van der Waals surface area contributed by atoms with Crippen molar-refractivity contribution in [3.63, 3.8) is 0 Å². The number of esters is 1. The summed E-state index contributed by atoms with van der Waals surface area (Å²) in [6.45, 7) is 4.47. The number of Topliss-reactive ketones (excluding diaryl/α,β-unsaturated/α-hetero) is 1. The third kappa shape index (κ3) is 3.21. The molecule has 30 heavy (non-hydrogen) atoms. The van der Waals surface area contributed by atoms with E-state index in [2.05, 4.69) is 18.6 Å². The first-order chi connectivity index (χ1) is 14.2. The van der Waals surface area contributed by atoms with Crippen LogP contribution in [-0.2, 0) is 19.1 Å². The predicted octanol–water partition coefficient (Wildman–Crippen LogP) is 3.72. The summed E-state index contributed by atoms with van der Waals surface area (Å²) >= 11 is 1.23. The van der Waals surface area contributed by atoms with Crippen LogP contribution in [0.2, 0.25) is 0 Å². The van der Waals surface area contributed by atoms with Gasteiger partial charge in [0.15, 0.2) is 11.6 Å². The SMILES string of the molecule is COC(=O)CSCC(=O)[C@@]1(O)CC[C@H]2[C@@H]3CCC4=CC(=O)CC[C@]4(C)[C@H]3CC[C@@]21C. The van der Waals surface area contributed by atoms with E-state index in [1.807, 2.05) is 6.08 Å². The van der Waals surface area contributed by atoms with Crippen LogP contribution in [0.15, 0.2) is 11.6 Å². The molecule has 0 aromatic rings. The van der Waals surface area contributed by atoms with Crippen molar-refractivity contribution < 1.29 is 24.2 Å². The van der Waals surface area contributed by atoms with Gasteiger partial charge in [0.25, 0.3) is 0 Å². The van der Waals surface area contributed by atoms with Gasteiger partial charge in [0, 0.05) is 11.8 Å². The Morgan fingerprint density at radius 3 is 2.57 bits per heavy atom. The van der Waals surface area contributed by atoms with Crippen molar-refractivity contribution in [3.05, 3.63) is 11.6 Å². The summed E-state index contributed by atoms with van der Waals surface area (Å²) in [4.78, 5) is 36.5. The number of hydrogen-bond donors (Lipinski definition) is 1. The van der Waals surface area contributed by atoms with Crippen molar-refractivity contribution in [3.8, 4) is 0 Å². The normalized spacial score (nSPS) is 42.6. The summed E-state index contributed by atoms with van der Waals surface area (Å²) in [5.74, 6) is 1.45. The summed E-state index contributed by atoms with van der Waals surface area (Å²) in [6.07, 6.45) is 8.78. The molecular weight excluding hydrogens is 400 g/mol. The third-order valence-electron chi connectivity index (χ3n) is 9.26. The second-order valence-corrected chi connectivity index (χ2v) is 11.3. The molecule has 0 radical (unpaired) electrons. The molecule has 0 bridgehead atoms. The Bertz CT molecular complexity index is 790. The van der Waals surface area contributed by atoms with Crippen LogP contribution < -0.4 is 0 Å². The van der Waals surface area contributed by atoms with Gasteiger partial charge in [0.1, 0.15) is 5.60 Å². The van der Waals surface area contributed by atoms with E-state index in [0.717, 1.165) is 38.5 Å². The molecule has 5 nitrogen and oxygen atoms in total. The van der Waals surface area contributed by atoms with E-state index in [1.165, 1.54) is 24.4 Å². The van der Waals surface area contributed by atoms with E-state index in [0.29, 0.717) is 30.6 Å². The first kappa shape index (κ1) is 22.1. The first-order valence-corrected chi connectivity index (χ1v) is 12.5. The quantitative estimate of drug-likeness (QED) is 0.664. The number of carbonyl (C=O) groups is 3. The standard InChI is InChI=1S/C24H34O5S/c1-22-9-6-16(25)12-15(22)4-5-17-18(22)7-10-23(2)19(17)8-11-24(23,28)20(26)13-30-14-21(27)29-3/h12,17-19,28H,4-11,13-14H2,1-3H3/t17-,18+,19+,22+,23+,24+/m1/s1. The molecule has 4 rings (SSSR count). The maximum Gasteiger partial charge on any atom is 0.315 e. The average Bonchev–Trinajstić information content (AvgIpc) is 3.00. The number of allylic oxidation sites excluding steroid dienone is 1. The molecule has 4 aliphatic rings. The number of methoxy groups -OCH3 is 1. The second kappa shape index (κ2) is 7.77. The Labute approximate surface area is 183 Å². The van der Waals surface area contributed by atoms with Gasteiger partial charge in [-0.05, 0) is 74.2 Å². The molecule has 3 saturated carbocycles. The molecule has 166 valence electrons. The minimum Gasteiger partial charge on any atom is -0.468 e. The molecular formula is C24H34O5S. The lowest BCUT2D eigenvalue weighted by molar-refractivity contribution is -0.159. The fraction of sp³-hybridized carbons (Fsp3) is 0.792. The Morgan fingerprint density at radius 1 is 1.10 bits per heavy atom. The summed E-state index contributed by atoms with van der Waals surface area (Å²) in [6, 6.07) is 0. The molecule has 0 spiro atoms. The zero-order valence-electron chi connectivity index (χ0n) is 18.4. The van der Waals surface area contributed by atoms with Crippen LogP contribution in [0, 0.1) is 28.6 Å². The molecule has 0 aromatic carbocycles. The summed E-state index contributed by atoms with van der Waals surface area (Å²) in [5, 5.41) is 11.6. The highest BCUT2D eigenvalue weighted by atomic mass is 32.2. The molecule has 3 fully saturated rings. The van der Waals surface area contributed by atoms with E-state index >= 15 is 0 Å². The number of rotatable bonds is 5. The minimum absolute atomic E-state index is 0.0965. The Balaban J connectivity index is 1.52. The molecule has 0 aliphatic heterocycles. The number of hydrogen-bond acceptors (Lipinski definition) is 6. The number of thioether (sulfide) groups is 1. The van der Waals surface area contributed by atoms with Crippen molar-refractivity contribution in [2.45, 2.75) is 70.8 Å². The van der Waals surface area contributed by atoms with Crippen molar-refractivity contribution in [2.75, 3.05) is 18.6 Å². The first-order valence-electron chi connectivity index (χ1n) is 11.3. The van der Waals surface area contributed by atoms with Gasteiger partial charge in [-0.3, -0.25) is 14.4 Å². The monoisotopic (exact) mass is 434 g/mol. The summed E-state index contributed by atoms with van der Waals surface area (Å²) < 4.78 is 4.65. The number of fused-ring (bicyclic) bond motifs is 5.